The van der Waals surface area contributed by atoms with Gasteiger partial charge in [-0.15, -0.1) is 0 Å². The third-order valence-corrected chi connectivity index (χ3v) is 6.36. The summed E-state index contributed by atoms with van der Waals surface area (Å²) in [6.45, 7) is 2.55. The van der Waals surface area contributed by atoms with Gasteiger partial charge in [-0.1, -0.05) is 30.3 Å². The Bertz CT molecular complexity index is 914. The fourth-order valence-corrected chi connectivity index (χ4v) is 4.37. The summed E-state index contributed by atoms with van der Waals surface area (Å²) >= 11 is 1.63. The van der Waals surface area contributed by atoms with E-state index in [-0.39, 0.29) is 12.5 Å². The molecule has 0 bridgehead atoms. The number of nitrogens with one attached hydrogen (secondary N) is 2. The van der Waals surface area contributed by atoms with Crippen molar-refractivity contribution in [3.05, 3.63) is 58.3 Å². The van der Waals surface area contributed by atoms with Gasteiger partial charge in [0, 0.05) is 12.6 Å². The molecule has 2 heterocycles. The molecule has 0 radical (unpaired) electrons. The fourth-order valence-electron chi connectivity index (χ4n) is 3.71. The van der Waals surface area contributed by atoms with Gasteiger partial charge in [-0.2, -0.15) is 16.3 Å². The van der Waals surface area contributed by atoms with Crippen molar-refractivity contribution in [1.29, 1.82) is 0 Å². The molecule has 1 aliphatic carbocycles. The van der Waals surface area contributed by atoms with Crippen LogP contribution >= 0.6 is 11.3 Å². The van der Waals surface area contributed by atoms with E-state index in [9.17, 15) is 14.4 Å². The van der Waals surface area contributed by atoms with Crippen molar-refractivity contribution in [1.82, 2.24) is 20.7 Å². The van der Waals surface area contributed by atoms with Crippen molar-refractivity contribution < 1.29 is 14.4 Å². The Morgan fingerprint density at radius 1 is 1.23 bits per heavy atom. The van der Waals surface area contributed by atoms with E-state index in [1.54, 1.807) is 18.3 Å². The second-order valence-corrected chi connectivity index (χ2v) is 8.97. The van der Waals surface area contributed by atoms with Crippen LogP contribution in [0.5, 0.6) is 0 Å². The van der Waals surface area contributed by atoms with E-state index in [1.165, 1.54) is 5.56 Å². The fraction of sp³-hybridized carbons (Fsp3) is 0.409. The number of rotatable bonds is 9. The normalized spacial score (nSPS) is 21.2. The maximum absolute atomic E-state index is 12.9. The van der Waals surface area contributed by atoms with Crippen LogP contribution in [0.15, 0.2) is 47.2 Å². The Kier molecular flexibility index (Phi) is 5.87. The third-order valence-electron chi connectivity index (χ3n) is 5.63. The predicted molar refractivity (Wildman–Crippen MR) is 114 cm³/mol. The lowest BCUT2D eigenvalue weighted by Gasteiger charge is -2.23. The molecule has 2 fully saturated rings. The zero-order chi connectivity index (χ0) is 21.1. The minimum absolute atomic E-state index is 0.151. The molecule has 2 N–H and O–H groups in total. The Labute approximate surface area is 180 Å². The monoisotopic (exact) mass is 426 g/mol. The van der Waals surface area contributed by atoms with Crippen LogP contribution in [-0.4, -0.2) is 45.9 Å². The molecule has 30 heavy (non-hydrogen) atoms. The second-order valence-electron chi connectivity index (χ2n) is 8.19. The Balaban J connectivity index is 1.34. The van der Waals surface area contributed by atoms with Crippen LogP contribution in [0.3, 0.4) is 0 Å². The number of aryl methyl sites for hydroxylation is 1. The molecule has 1 unspecified atom stereocenters. The van der Waals surface area contributed by atoms with Crippen molar-refractivity contribution in [2.75, 3.05) is 6.54 Å². The molecule has 4 rings (SSSR count). The molecule has 1 saturated heterocycles. The van der Waals surface area contributed by atoms with Crippen LogP contribution in [-0.2, 0) is 22.6 Å². The summed E-state index contributed by atoms with van der Waals surface area (Å²) in [4.78, 5) is 40.0. The van der Waals surface area contributed by atoms with Gasteiger partial charge in [0.1, 0.15) is 5.54 Å². The van der Waals surface area contributed by atoms with Crippen molar-refractivity contribution >= 4 is 29.2 Å². The van der Waals surface area contributed by atoms with Crippen molar-refractivity contribution in [3.63, 3.8) is 0 Å². The first-order valence-electron chi connectivity index (χ1n) is 10.2. The zero-order valence-corrected chi connectivity index (χ0v) is 17.8. The lowest BCUT2D eigenvalue weighted by atomic mass is 9.93. The van der Waals surface area contributed by atoms with Gasteiger partial charge in [0.05, 0.1) is 6.54 Å². The highest BCUT2D eigenvalue weighted by molar-refractivity contribution is 7.07. The van der Waals surface area contributed by atoms with E-state index in [4.69, 9.17) is 0 Å². The molecule has 1 atom stereocenters. The van der Waals surface area contributed by atoms with Crippen molar-refractivity contribution in [2.45, 2.75) is 50.7 Å². The smallest absolute Gasteiger partial charge is 0.322 e. The molecular weight excluding hydrogens is 400 g/mol. The predicted octanol–water partition coefficient (Wildman–Crippen LogP) is 2.69. The minimum Gasteiger partial charge on any atom is -0.322 e. The molecule has 1 saturated carbocycles. The SMILES string of the molecule is CC1(CCc2ccccc2)NC(=O)N(NC(=O)CN(Cc2ccsc2)C2CC2)C1=O. The number of urea groups is 1. The van der Waals surface area contributed by atoms with Gasteiger partial charge in [-0.05, 0) is 60.6 Å². The number of hydrogen-bond acceptors (Lipinski definition) is 5. The molecule has 1 aliphatic heterocycles. The van der Waals surface area contributed by atoms with Crippen LogP contribution in [0.2, 0.25) is 0 Å². The number of carbonyl (C=O) groups excluding carboxylic acids is 3. The van der Waals surface area contributed by atoms with Crippen LogP contribution in [0.25, 0.3) is 0 Å². The van der Waals surface area contributed by atoms with Gasteiger partial charge in [0.2, 0.25) is 0 Å². The molecule has 8 heteroatoms. The summed E-state index contributed by atoms with van der Waals surface area (Å²) in [5.41, 5.74) is 3.75. The highest BCUT2D eigenvalue weighted by Gasteiger charge is 2.48. The largest absolute Gasteiger partial charge is 0.344 e. The van der Waals surface area contributed by atoms with Crippen LogP contribution in [0.1, 0.15) is 37.3 Å². The standard InChI is InChI=1S/C22H26N4O3S/c1-22(11-9-16-5-3-2-4-6-16)20(28)26(21(29)23-22)24-19(27)14-25(18-7-8-18)13-17-10-12-30-15-17/h2-6,10,12,15,18H,7-9,11,13-14H2,1H3,(H,23,29)(H,24,27). The summed E-state index contributed by atoms with van der Waals surface area (Å²) < 4.78 is 0. The number of amides is 4. The first kappa shape index (κ1) is 20.6. The lowest BCUT2D eigenvalue weighted by Crippen LogP contribution is -2.51. The maximum Gasteiger partial charge on any atom is 0.344 e. The van der Waals surface area contributed by atoms with Crippen molar-refractivity contribution in [2.24, 2.45) is 0 Å². The number of imide groups is 1. The van der Waals surface area contributed by atoms with Crippen LogP contribution in [0, 0.1) is 0 Å². The van der Waals surface area contributed by atoms with Crippen LogP contribution < -0.4 is 10.7 Å². The molecule has 158 valence electrons. The quantitative estimate of drug-likeness (QED) is 0.604. The van der Waals surface area contributed by atoms with E-state index in [2.05, 4.69) is 21.0 Å². The maximum atomic E-state index is 12.9. The number of hydrogen-bond donors (Lipinski definition) is 2. The third kappa shape index (κ3) is 4.71. The molecule has 2 aromatic rings. The number of carbonyl (C=O) groups is 3. The summed E-state index contributed by atoms with van der Waals surface area (Å²) in [6.07, 6.45) is 3.25. The van der Waals surface area contributed by atoms with Gasteiger partial charge in [-0.25, -0.2) is 4.79 Å². The Morgan fingerprint density at radius 3 is 2.67 bits per heavy atom. The second kappa shape index (κ2) is 8.57. The van der Waals surface area contributed by atoms with E-state index in [0.29, 0.717) is 25.4 Å². The van der Waals surface area contributed by atoms with E-state index in [0.717, 1.165) is 23.4 Å². The molecule has 4 amide bonds. The highest BCUT2D eigenvalue weighted by atomic mass is 32.1. The topological polar surface area (TPSA) is 81.8 Å². The van der Waals surface area contributed by atoms with Gasteiger partial charge in [0.15, 0.2) is 0 Å². The first-order valence-corrected chi connectivity index (χ1v) is 11.1. The van der Waals surface area contributed by atoms with Gasteiger partial charge >= 0.3 is 6.03 Å². The van der Waals surface area contributed by atoms with Gasteiger partial charge < -0.3 is 5.32 Å². The van der Waals surface area contributed by atoms with Gasteiger partial charge in [0.25, 0.3) is 11.8 Å². The first-order chi connectivity index (χ1) is 14.4. The summed E-state index contributed by atoms with van der Waals surface area (Å²) in [7, 11) is 0. The number of benzene rings is 1. The van der Waals surface area contributed by atoms with Crippen LogP contribution in [0.4, 0.5) is 4.79 Å². The summed E-state index contributed by atoms with van der Waals surface area (Å²) in [6, 6.07) is 11.7. The van der Waals surface area contributed by atoms with Crippen molar-refractivity contribution in [3.8, 4) is 0 Å². The lowest BCUT2D eigenvalue weighted by molar-refractivity contribution is -0.139. The number of hydrazine groups is 1. The van der Waals surface area contributed by atoms with Gasteiger partial charge in [-0.3, -0.25) is 19.9 Å². The molecule has 1 aromatic heterocycles. The highest BCUT2D eigenvalue weighted by Crippen LogP contribution is 2.28. The Hall–Kier alpha value is -2.71. The average Bonchev–Trinajstić information content (AvgIpc) is 3.42. The Morgan fingerprint density at radius 2 is 2.00 bits per heavy atom. The summed E-state index contributed by atoms with van der Waals surface area (Å²) in [5.74, 6) is -0.777. The molecule has 2 aliphatic rings. The van der Waals surface area contributed by atoms with E-state index >= 15 is 0 Å². The van der Waals surface area contributed by atoms with E-state index < -0.39 is 17.5 Å². The number of nitrogens with zero attached hydrogens (tertiary/aromatic N) is 2. The molecule has 7 nitrogen and oxygen atoms in total. The summed E-state index contributed by atoms with van der Waals surface area (Å²) in [5, 5.41) is 7.67. The number of thiophene rings is 1. The average molecular weight is 427 g/mol. The molecule has 1 aromatic carbocycles. The molecule has 0 spiro atoms. The van der Waals surface area contributed by atoms with E-state index in [1.807, 2.05) is 41.8 Å². The zero-order valence-electron chi connectivity index (χ0n) is 17.0. The molecular formula is C22H26N4O3S. The minimum atomic E-state index is -1.03.